The van der Waals surface area contributed by atoms with E-state index in [-0.39, 0.29) is 40.4 Å². The highest BCUT2D eigenvalue weighted by Crippen LogP contribution is 2.43. The van der Waals surface area contributed by atoms with Gasteiger partial charge < -0.3 is 29.1 Å². The molecule has 4 aliphatic heterocycles. The van der Waals surface area contributed by atoms with E-state index >= 15 is 0 Å². The summed E-state index contributed by atoms with van der Waals surface area (Å²) in [5.41, 5.74) is 5.53. The van der Waals surface area contributed by atoms with Crippen LogP contribution in [0.3, 0.4) is 0 Å². The SMILES string of the molecule is C.C=C1CCC(C(C)(C)C)N1C(C)(C)C.C=C1CCCC(C(C)(C)C)N1C(C)(C)C.C=C1COCC(C(C)(C)C)N1C(C)(C)C.C=C1OCC(C(C)(C)C)N1C(C)(C)C. The normalized spacial score (nSPS) is 24.0. The molecule has 0 bridgehead atoms. The molecule has 0 saturated carbocycles. The van der Waals surface area contributed by atoms with Crippen LogP contribution in [0.2, 0.25) is 0 Å². The number of morpholine rings is 1. The van der Waals surface area contributed by atoms with Gasteiger partial charge in [0.2, 0.25) is 0 Å². The van der Waals surface area contributed by atoms with Crippen LogP contribution in [0.1, 0.15) is 206 Å². The third-order valence-electron chi connectivity index (χ3n) is 12.0. The summed E-state index contributed by atoms with van der Waals surface area (Å²) in [5, 5.41) is 0. The molecular weight excluding hydrogens is 725 g/mol. The van der Waals surface area contributed by atoms with Crippen LogP contribution in [0, 0.1) is 21.7 Å². The molecule has 0 radical (unpaired) electrons. The molecule has 0 aromatic rings. The van der Waals surface area contributed by atoms with Crippen molar-refractivity contribution >= 4 is 0 Å². The van der Waals surface area contributed by atoms with Crippen molar-refractivity contribution in [3.8, 4) is 0 Å². The Kier molecular flexibility index (Phi) is 19.3. The van der Waals surface area contributed by atoms with Crippen molar-refractivity contribution in [1.29, 1.82) is 0 Å². The largest absolute Gasteiger partial charge is 0.477 e. The van der Waals surface area contributed by atoms with Crippen LogP contribution in [0.4, 0.5) is 0 Å². The lowest BCUT2D eigenvalue weighted by molar-refractivity contribution is -0.0537. The summed E-state index contributed by atoms with van der Waals surface area (Å²) in [6, 6.07) is 2.13. The second-order valence-corrected chi connectivity index (χ2v) is 26.0. The first-order chi connectivity index (χ1) is 25.6. The molecule has 6 nitrogen and oxygen atoms in total. The van der Waals surface area contributed by atoms with Gasteiger partial charge in [0.1, 0.15) is 6.61 Å². The number of likely N-dealkylation sites (tertiary alicyclic amines) is 2. The van der Waals surface area contributed by atoms with Gasteiger partial charge in [0.15, 0.2) is 5.88 Å². The van der Waals surface area contributed by atoms with Crippen molar-refractivity contribution in [2.45, 2.75) is 252 Å². The monoisotopic (exact) mass is 829 g/mol. The smallest absolute Gasteiger partial charge is 0.182 e. The summed E-state index contributed by atoms with van der Waals surface area (Å²) in [6.45, 7) is 73.4. The van der Waals surface area contributed by atoms with E-state index in [1.807, 2.05) is 0 Å². The van der Waals surface area contributed by atoms with E-state index < -0.39 is 0 Å². The average molecular weight is 829 g/mol. The third kappa shape index (κ3) is 16.3. The minimum atomic E-state index is 0. The van der Waals surface area contributed by atoms with E-state index in [2.05, 4.69) is 212 Å². The Morgan fingerprint density at radius 1 is 0.407 bits per heavy atom. The molecule has 4 atom stereocenters. The quantitative estimate of drug-likeness (QED) is 0.242. The summed E-state index contributed by atoms with van der Waals surface area (Å²) in [6.07, 6.45) is 6.20. The Balaban J connectivity index is 0.000000756. The van der Waals surface area contributed by atoms with Gasteiger partial charge in [-0.3, -0.25) is 0 Å². The predicted octanol–water partition coefficient (Wildman–Crippen LogP) is 14.7. The molecule has 4 saturated heterocycles. The van der Waals surface area contributed by atoms with Crippen molar-refractivity contribution in [3.05, 3.63) is 49.3 Å². The van der Waals surface area contributed by atoms with E-state index in [0.29, 0.717) is 41.6 Å². The topological polar surface area (TPSA) is 31.4 Å². The first-order valence-corrected chi connectivity index (χ1v) is 22.7. The van der Waals surface area contributed by atoms with Gasteiger partial charge in [-0.2, -0.15) is 0 Å². The maximum atomic E-state index is 5.61. The summed E-state index contributed by atoms with van der Waals surface area (Å²) in [5.74, 6) is 0.817. The molecule has 4 heterocycles. The summed E-state index contributed by atoms with van der Waals surface area (Å²) in [7, 11) is 0. The molecular formula is C53H104N4O2. The fourth-order valence-electron chi connectivity index (χ4n) is 9.47. The lowest BCUT2D eigenvalue weighted by atomic mass is 9.78. The van der Waals surface area contributed by atoms with Crippen LogP contribution >= 0.6 is 0 Å². The van der Waals surface area contributed by atoms with Crippen molar-refractivity contribution < 1.29 is 9.47 Å². The zero-order valence-electron chi connectivity index (χ0n) is 43.4. The van der Waals surface area contributed by atoms with Crippen molar-refractivity contribution in [3.63, 3.8) is 0 Å². The summed E-state index contributed by atoms with van der Waals surface area (Å²) < 4.78 is 11.2. The predicted molar refractivity (Wildman–Crippen MR) is 262 cm³/mol. The van der Waals surface area contributed by atoms with Gasteiger partial charge in [-0.05, 0) is 143 Å². The molecule has 4 fully saturated rings. The molecule has 0 aromatic carbocycles. The van der Waals surface area contributed by atoms with E-state index in [0.717, 1.165) is 24.8 Å². The first kappa shape index (κ1) is 56.9. The van der Waals surface area contributed by atoms with Crippen LogP contribution in [0.5, 0.6) is 0 Å². The van der Waals surface area contributed by atoms with E-state index in [9.17, 15) is 0 Å². The van der Waals surface area contributed by atoms with Crippen molar-refractivity contribution in [2.75, 3.05) is 19.8 Å². The molecule has 0 aliphatic carbocycles. The summed E-state index contributed by atoms with van der Waals surface area (Å²) >= 11 is 0. The molecule has 0 aromatic heterocycles. The maximum absolute atomic E-state index is 5.61. The average Bonchev–Trinajstić information content (AvgIpc) is 3.59. The summed E-state index contributed by atoms with van der Waals surface area (Å²) in [4.78, 5) is 9.80. The third-order valence-corrected chi connectivity index (χ3v) is 12.0. The Labute approximate surface area is 370 Å². The van der Waals surface area contributed by atoms with Gasteiger partial charge >= 0.3 is 0 Å². The standard InChI is InChI=1S/C14H27N.C13H25NO.C13H25N.C12H23NO.CH4/c1-11-9-8-10-12(13(2,3)4)15(11)14(5,6)7;1-10-8-15-9-11(12(2,3)4)14(10)13(5,6)7;1-10-8-9-11(12(2,3)4)14(10)13(5,6)7;1-9-13(12(5,6)7)10(8-14-9)11(2,3)4;/h12H,1,8-10H2,2-7H3;11H,1,8-9H2,2-7H3;11H,1,8-9H2,2-7H3;10H,1,8H2,2-7H3;1H4. The Hall–Kier alpha value is -2.08. The molecule has 4 rings (SSSR count). The van der Waals surface area contributed by atoms with E-state index in [4.69, 9.17) is 9.47 Å². The van der Waals surface area contributed by atoms with Crippen LogP contribution in [0.25, 0.3) is 0 Å². The molecule has 4 unspecified atom stereocenters. The van der Waals surface area contributed by atoms with Crippen LogP contribution in [-0.4, -0.2) is 85.7 Å². The zero-order chi connectivity index (χ0) is 46.0. The number of piperidine rings is 1. The lowest BCUT2D eigenvalue weighted by Gasteiger charge is -2.52. The Bertz CT molecular complexity index is 1260. The highest BCUT2D eigenvalue weighted by Gasteiger charge is 2.44. The van der Waals surface area contributed by atoms with Gasteiger partial charge in [-0.1, -0.05) is 110 Å². The number of rotatable bonds is 0. The van der Waals surface area contributed by atoms with Crippen molar-refractivity contribution in [1.82, 2.24) is 19.6 Å². The minimum absolute atomic E-state index is 0. The maximum Gasteiger partial charge on any atom is 0.182 e. The lowest BCUT2D eigenvalue weighted by Crippen LogP contribution is -2.57. The van der Waals surface area contributed by atoms with Gasteiger partial charge in [-0.15, -0.1) is 0 Å². The molecule has 0 spiro atoms. The van der Waals surface area contributed by atoms with Gasteiger partial charge in [0.05, 0.1) is 25.3 Å². The molecule has 59 heavy (non-hydrogen) atoms. The Morgan fingerprint density at radius 2 is 0.729 bits per heavy atom. The molecule has 0 amide bonds. The molecule has 0 N–H and O–H groups in total. The van der Waals surface area contributed by atoms with Crippen LogP contribution in [-0.2, 0) is 9.47 Å². The molecule has 348 valence electrons. The van der Waals surface area contributed by atoms with Crippen LogP contribution in [0.15, 0.2) is 49.3 Å². The fourth-order valence-corrected chi connectivity index (χ4v) is 9.47. The second kappa shape index (κ2) is 20.0. The molecule has 6 heteroatoms. The van der Waals surface area contributed by atoms with Gasteiger partial charge in [-0.25, -0.2) is 0 Å². The van der Waals surface area contributed by atoms with Gasteiger partial charge in [0, 0.05) is 51.3 Å². The first-order valence-electron chi connectivity index (χ1n) is 22.7. The van der Waals surface area contributed by atoms with Gasteiger partial charge in [0.25, 0.3) is 0 Å². The molecule has 4 aliphatic rings. The number of nitrogens with zero attached hydrogens (tertiary/aromatic N) is 4. The second-order valence-electron chi connectivity index (χ2n) is 26.0. The van der Waals surface area contributed by atoms with E-state index in [1.165, 1.54) is 43.5 Å². The van der Waals surface area contributed by atoms with Crippen molar-refractivity contribution in [2.24, 2.45) is 21.7 Å². The number of hydrogen-bond acceptors (Lipinski definition) is 6. The van der Waals surface area contributed by atoms with E-state index in [1.54, 1.807) is 0 Å². The Morgan fingerprint density at radius 3 is 1.03 bits per heavy atom. The number of allylic oxidation sites excluding steroid dienone is 2. The highest BCUT2D eigenvalue weighted by atomic mass is 16.5. The number of hydrogen-bond donors (Lipinski definition) is 0. The fraction of sp³-hybridized carbons (Fsp3) is 0.849. The number of ether oxygens (including phenoxy) is 2. The zero-order valence-corrected chi connectivity index (χ0v) is 43.4. The van der Waals surface area contributed by atoms with Crippen LogP contribution < -0.4 is 0 Å². The highest BCUT2D eigenvalue weighted by molar-refractivity contribution is 5.12. The minimum Gasteiger partial charge on any atom is -0.477 e.